The van der Waals surface area contributed by atoms with E-state index in [0.29, 0.717) is 23.7 Å². The lowest BCUT2D eigenvalue weighted by Gasteiger charge is -2.14. The van der Waals surface area contributed by atoms with Crippen molar-refractivity contribution in [1.29, 1.82) is 0 Å². The van der Waals surface area contributed by atoms with Crippen molar-refractivity contribution in [3.05, 3.63) is 53.6 Å². The normalized spacial score (nSPS) is 10.0. The fraction of sp³-hybridized carbons (Fsp3) is 0.188. The first-order valence-electron chi connectivity index (χ1n) is 6.65. The van der Waals surface area contributed by atoms with Crippen LogP contribution in [0.4, 0.5) is 16.2 Å². The summed E-state index contributed by atoms with van der Waals surface area (Å²) in [6.45, 7) is 2.34. The number of hydrogen-bond donors (Lipinski definition) is 3. The summed E-state index contributed by atoms with van der Waals surface area (Å²) in [4.78, 5) is 12.1. The van der Waals surface area contributed by atoms with Crippen LogP contribution < -0.4 is 21.1 Å². The van der Waals surface area contributed by atoms with Crippen molar-refractivity contribution in [3.8, 4) is 5.75 Å². The third-order valence-electron chi connectivity index (χ3n) is 3.22. The van der Waals surface area contributed by atoms with E-state index in [1.54, 1.807) is 19.2 Å². The maximum Gasteiger partial charge on any atom is 0.323 e. The summed E-state index contributed by atoms with van der Waals surface area (Å²) in [7, 11) is 1.56. The summed E-state index contributed by atoms with van der Waals surface area (Å²) in [6.07, 6.45) is 0. The molecule has 2 aromatic carbocycles. The van der Waals surface area contributed by atoms with E-state index in [1.807, 2.05) is 37.3 Å². The zero-order valence-corrected chi connectivity index (χ0v) is 12.1. The molecule has 4 N–H and O–H groups in total. The van der Waals surface area contributed by atoms with Gasteiger partial charge in [0.15, 0.2) is 0 Å². The molecule has 0 fully saturated rings. The van der Waals surface area contributed by atoms with Crippen LogP contribution in [-0.4, -0.2) is 13.1 Å². The highest BCUT2D eigenvalue weighted by Gasteiger charge is 2.10. The Balaban J connectivity index is 2.14. The van der Waals surface area contributed by atoms with Crippen LogP contribution in [0.2, 0.25) is 0 Å². The first-order chi connectivity index (χ1) is 10.2. The van der Waals surface area contributed by atoms with Gasteiger partial charge in [0, 0.05) is 12.2 Å². The van der Waals surface area contributed by atoms with E-state index in [2.05, 4.69) is 10.6 Å². The molecule has 0 aromatic heterocycles. The minimum atomic E-state index is -0.334. The molecule has 0 radical (unpaired) electrons. The van der Waals surface area contributed by atoms with Crippen LogP contribution >= 0.6 is 0 Å². The van der Waals surface area contributed by atoms with Crippen LogP contribution in [0.3, 0.4) is 0 Å². The molecule has 21 heavy (non-hydrogen) atoms. The van der Waals surface area contributed by atoms with Gasteiger partial charge in [0.05, 0.1) is 12.8 Å². The molecule has 0 spiro atoms. The Labute approximate surface area is 124 Å². The molecule has 2 amide bonds. The molecule has 0 saturated heterocycles. The standard InChI is InChI=1S/C16H19N3O2/c1-11-6-5-8-13(12(11)10-17)18-16(20)19-14-7-3-4-9-15(14)21-2/h3-9H,10,17H2,1-2H3,(H2,18,19,20). The molecular formula is C16H19N3O2. The third-order valence-corrected chi connectivity index (χ3v) is 3.22. The molecule has 0 atom stereocenters. The number of carbonyl (C=O) groups excluding carboxylic acids is 1. The first kappa shape index (κ1) is 14.9. The number of urea groups is 1. The van der Waals surface area contributed by atoms with Crippen molar-refractivity contribution in [2.24, 2.45) is 5.73 Å². The number of hydrogen-bond acceptors (Lipinski definition) is 3. The van der Waals surface area contributed by atoms with Crippen molar-refractivity contribution in [1.82, 2.24) is 0 Å². The summed E-state index contributed by atoms with van der Waals surface area (Å²) >= 11 is 0. The van der Waals surface area contributed by atoms with Crippen molar-refractivity contribution < 1.29 is 9.53 Å². The monoisotopic (exact) mass is 285 g/mol. The van der Waals surface area contributed by atoms with Gasteiger partial charge < -0.3 is 21.1 Å². The molecule has 5 heteroatoms. The lowest BCUT2D eigenvalue weighted by Crippen LogP contribution is -2.21. The van der Waals surface area contributed by atoms with Crippen LogP contribution in [0.5, 0.6) is 5.75 Å². The molecule has 0 unspecified atom stereocenters. The molecule has 0 heterocycles. The average molecular weight is 285 g/mol. The number of aryl methyl sites for hydroxylation is 1. The topological polar surface area (TPSA) is 76.4 Å². The van der Waals surface area contributed by atoms with Crippen LogP contribution in [0.25, 0.3) is 0 Å². The summed E-state index contributed by atoms with van der Waals surface area (Å²) in [5.41, 5.74) is 9.03. The van der Waals surface area contributed by atoms with Gasteiger partial charge in [-0.1, -0.05) is 24.3 Å². The smallest absolute Gasteiger partial charge is 0.323 e. The van der Waals surface area contributed by atoms with Gasteiger partial charge in [-0.25, -0.2) is 4.79 Å². The Kier molecular flexibility index (Phi) is 4.79. The van der Waals surface area contributed by atoms with E-state index in [4.69, 9.17) is 10.5 Å². The van der Waals surface area contributed by atoms with Gasteiger partial charge >= 0.3 is 6.03 Å². The molecule has 0 saturated carbocycles. The zero-order chi connectivity index (χ0) is 15.2. The Morgan fingerprint density at radius 3 is 2.48 bits per heavy atom. The highest BCUT2D eigenvalue weighted by molar-refractivity contribution is 6.01. The quantitative estimate of drug-likeness (QED) is 0.808. The summed E-state index contributed by atoms with van der Waals surface area (Å²) in [6, 6.07) is 12.6. The predicted molar refractivity (Wildman–Crippen MR) is 84.7 cm³/mol. The Bertz CT molecular complexity index is 641. The number of nitrogens with two attached hydrogens (primary N) is 1. The van der Waals surface area contributed by atoms with Crippen molar-refractivity contribution in [2.45, 2.75) is 13.5 Å². The molecule has 0 bridgehead atoms. The van der Waals surface area contributed by atoms with Crippen molar-refractivity contribution in [2.75, 3.05) is 17.7 Å². The van der Waals surface area contributed by atoms with Gasteiger partial charge in [0.25, 0.3) is 0 Å². The van der Waals surface area contributed by atoms with Crippen molar-refractivity contribution in [3.63, 3.8) is 0 Å². The average Bonchev–Trinajstić information content (AvgIpc) is 2.48. The van der Waals surface area contributed by atoms with Gasteiger partial charge in [-0.2, -0.15) is 0 Å². The maximum atomic E-state index is 12.1. The number of methoxy groups -OCH3 is 1. The fourth-order valence-electron chi connectivity index (χ4n) is 2.11. The number of nitrogens with one attached hydrogen (secondary N) is 2. The van der Waals surface area contributed by atoms with Gasteiger partial charge in [0.1, 0.15) is 5.75 Å². The number of amides is 2. The summed E-state index contributed by atoms with van der Waals surface area (Å²) < 4.78 is 5.20. The van der Waals surface area contributed by atoms with E-state index in [0.717, 1.165) is 11.1 Å². The largest absolute Gasteiger partial charge is 0.495 e. The minimum Gasteiger partial charge on any atom is -0.495 e. The minimum absolute atomic E-state index is 0.334. The van der Waals surface area contributed by atoms with Gasteiger partial charge in [-0.3, -0.25) is 0 Å². The highest BCUT2D eigenvalue weighted by Crippen LogP contribution is 2.24. The Morgan fingerprint density at radius 2 is 1.76 bits per heavy atom. The Morgan fingerprint density at radius 1 is 1.10 bits per heavy atom. The molecule has 0 aliphatic rings. The van der Waals surface area contributed by atoms with E-state index in [1.165, 1.54) is 0 Å². The van der Waals surface area contributed by atoms with Crippen LogP contribution in [0.15, 0.2) is 42.5 Å². The number of rotatable bonds is 4. The molecule has 5 nitrogen and oxygen atoms in total. The number of anilines is 2. The number of ether oxygens (including phenoxy) is 1. The first-order valence-corrected chi connectivity index (χ1v) is 6.65. The van der Waals surface area contributed by atoms with E-state index >= 15 is 0 Å². The number of para-hydroxylation sites is 2. The second-order valence-corrected chi connectivity index (χ2v) is 4.58. The number of benzene rings is 2. The van der Waals surface area contributed by atoms with Crippen molar-refractivity contribution >= 4 is 17.4 Å². The number of carbonyl (C=O) groups is 1. The third kappa shape index (κ3) is 3.52. The molecule has 2 aromatic rings. The SMILES string of the molecule is COc1ccccc1NC(=O)Nc1cccc(C)c1CN. The summed E-state index contributed by atoms with van der Waals surface area (Å²) in [5.74, 6) is 0.607. The molecule has 0 aliphatic heterocycles. The zero-order valence-electron chi connectivity index (χ0n) is 12.1. The van der Waals surface area contributed by atoms with Crippen LogP contribution in [0, 0.1) is 6.92 Å². The molecule has 110 valence electrons. The second kappa shape index (κ2) is 6.76. The van der Waals surface area contributed by atoms with E-state index < -0.39 is 0 Å². The summed E-state index contributed by atoms with van der Waals surface area (Å²) in [5, 5.41) is 5.58. The van der Waals surface area contributed by atoms with Gasteiger partial charge in [-0.05, 0) is 36.2 Å². The maximum absolute atomic E-state index is 12.1. The lowest BCUT2D eigenvalue weighted by molar-refractivity contribution is 0.262. The fourth-order valence-corrected chi connectivity index (χ4v) is 2.11. The lowest BCUT2D eigenvalue weighted by atomic mass is 10.1. The van der Waals surface area contributed by atoms with E-state index in [9.17, 15) is 4.79 Å². The second-order valence-electron chi connectivity index (χ2n) is 4.58. The highest BCUT2D eigenvalue weighted by atomic mass is 16.5. The van der Waals surface area contributed by atoms with Gasteiger partial charge in [0.2, 0.25) is 0 Å². The predicted octanol–water partition coefficient (Wildman–Crippen LogP) is 3.11. The molecule has 2 rings (SSSR count). The van der Waals surface area contributed by atoms with Crippen LogP contribution in [0.1, 0.15) is 11.1 Å². The van der Waals surface area contributed by atoms with Gasteiger partial charge in [-0.15, -0.1) is 0 Å². The molecule has 0 aliphatic carbocycles. The Hall–Kier alpha value is -2.53. The molecular weight excluding hydrogens is 266 g/mol. The van der Waals surface area contributed by atoms with E-state index in [-0.39, 0.29) is 6.03 Å². The van der Waals surface area contributed by atoms with Crippen LogP contribution in [-0.2, 0) is 6.54 Å².